The molecule has 78 valence electrons. The summed E-state index contributed by atoms with van der Waals surface area (Å²) >= 11 is 5.98. The third kappa shape index (κ3) is 1.70. The largest absolute Gasteiger partial charge is 0.465 e. The molecule has 0 spiro atoms. The van der Waals surface area contributed by atoms with E-state index < -0.39 is 5.97 Å². The molecule has 0 unspecified atom stereocenters. The molecule has 0 aliphatic carbocycles. The van der Waals surface area contributed by atoms with E-state index in [-0.39, 0.29) is 0 Å². The summed E-state index contributed by atoms with van der Waals surface area (Å²) in [4.78, 5) is 11.3. The highest BCUT2D eigenvalue weighted by Gasteiger charge is 2.12. The van der Waals surface area contributed by atoms with Gasteiger partial charge in [0.15, 0.2) is 5.58 Å². The molecular formula is C11H9ClO3. The number of hydrogen-bond donors (Lipinski definition) is 0. The molecule has 0 saturated carbocycles. The second-order valence-corrected chi connectivity index (χ2v) is 3.63. The molecule has 0 amide bonds. The Kier molecular flexibility index (Phi) is 2.40. The maximum atomic E-state index is 11.3. The summed E-state index contributed by atoms with van der Waals surface area (Å²) in [6.07, 6.45) is 0. The van der Waals surface area contributed by atoms with E-state index in [1.807, 2.05) is 13.0 Å². The molecule has 1 heterocycles. The molecule has 0 atom stereocenters. The van der Waals surface area contributed by atoms with Gasteiger partial charge in [0, 0.05) is 5.39 Å². The minimum absolute atomic E-state index is 0.405. The van der Waals surface area contributed by atoms with Gasteiger partial charge in [-0.1, -0.05) is 11.6 Å². The van der Waals surface area contributed by atoms with Crippen molar-refractivity contribution < 1.29 is 13.9 Å². The number of benzene rings is 1. The molecule has 0 aliphatic rings. The highest BCUT2D eigenvalue weighted by molar-refractivity contribution is 6.35. The fraction of sp³-hybridized carbons (Fsp3) is 0.182. The summed E-state index contributed by atoms with van der Waals surface area (Å²) in [7, 11) is 1.33. The predicted molar refractivity (Wildman–Crippen MR) is 57.3 cm³/mol. The normalized spacial score (nSPS) is 10.6. The number of aryl methyl sites for hydroxylation is 1. The Morgan fingerprint density at radius 3 is 2.80 bits per heavy atom. The number of carbonyl (C=O) groups excluding carboxylic acids is 1. The first-order valence-corrected chi connectivity index (χ1v) is 4.77. The molecule has 1 aromatic carbocycles. The van der Waals surface area contributed by atoms with Gasteiger partial charge in [-0.3, -0.25) is 0 Å². The van der Waals surface area contributed by atoms with E-state index in [9.17, 15) is 4.79 Å². The van der Waals surface area contributed by atoms with E-state index in [2.05, 4.69) is 4.74 Å². The van der Waals surface area contributed by atoms with Crippen molar-refractivity contribution in [3.8, 4) is 0 Å². The zero-order valence-electron chi connectivity index (χ0n) is 8.33. The second-order valence-electron chi connectivity index (χ2n) is 3.23. The lowest BCUT2D eigenvalue weighted by atomic mass is 10.1. The Balaban J connectivity index is 2.66. The van der Waals surface area contributed by atoms with Gasteiger partial charge in [0.05, 0.1) is 17.7 Å². The van der Waals surface area contributed by atoms with Crippen LogP contribution in [0.5, 0.6) is 0 Å². The van der Waals surface area contributed by atoms with Crippen LogP contribution >= 0.6 is 11.6 Å². The van der Waals surface area contributed by atoms with Crippen LogP contribution in [0.25, 0.3) is 11.0 Å². The van der Waals surface area contributed by atoms with Gasteiger partial charge in [0.2, 0.25) is 0 Å². The summed E-state index contributed by atoms with van der Waals surface area (Å²) in [5.41, 5.74) is 1.03. The standard InChI is InChI=1S/C11H9ClO3/c1-6-3-7-4-8(11(13)14-2)5-9(12)10(7)15-6/h3-5H,1-2H3. The molecule has 0 bridgehead atoms. The highest BCUT2D eigenvalue weighted by Crippen LogP contribution is 2.28. The monoisotopic (exact) mass is 224 g/mol. The zero-order valence-corrected chi connectivity index (χ0v) is 9.09. The van der Waals surface area contributed by atoms with Crippen LogP contribution < -0.4 is 0 Å². The van der Waals surface area contributed by atoms with Gasteiger partial charge in [0.1, 0.15) is 5.76 Å². The first-order valence-electron chi connectivity index (χ1n) is 4.40. The van der Waals surface area contributed by atoms with Gasteiger partial charge in [-0.2, -0.15) is 0 Å². The van der Waals surface area contributed by atoms with E-state index in [4.69, 9.17) is 16.0 Å². The SMILES string of the molecule is COC(=O)c1cc(Cl)c2oc(C)cc2c1. The van der Waals surface area contributed by atoms with Crippen LogP contribution in [0.1, 0.15) is 16.1 Å². The van der Waals surface area contributed by atoms with Gasteiger partial charge in [-0.15, -0.1) is 0 Å². The number of esters is 1. The Morgan fingerprint density at radius 2 is 2.13 bits per heavy atom. The van der Waals surface area contributed by atoms with Crippen LogP contribution in [-0.2, 0) is 4.74 Å². The van der Waals surface area contributed by atoms with Crippen LogP contribution in [0, 0.1) is 6.92 Å². The van der Waals surface area contributed by atoms with Crippen molar-refractivity contribution in [2.75, 3.05) is 7.11 Å². The molecule has 3 nitrogen and oxygen atoms in total. The first-order chi connectivity index (χ1) is 7.11. The van der Waals surface area contributed by atoms with Crippen LogP contribution in [0.15, 0.2) is 22.6 Å². The van der Waals surface area contributed by atoms with Gasteiger partial charge >= 0.3 is 5.97 Å². The van der Waals surface area contributed by atoms with Crippen molar-refractivity contribution in [1.29, 1.82) is 0 Å². The predicted octanol–water partition coefficient (Wildman–Crippen LogP) is 3.18. The topological polar surface area (TPSA) is 39.4 Å². The first kappa shape index (κ1) is 10.1. The third-order valence-corrected chi connectivity index (χ3v) is 2.40. The van der Waals surface area contributed by atoms with E-state index in [1.165, 1.54) is 7.11 Å². The fourth-order valence-corrected chi connectivity index (χ4v) is 1.74. The van der Waals surface area contributed by atoms with Gasteiger partial charge < -0.3 is 9.15 Å². The van der Waals surface area contributed by atoms with Crippen LogP contribution in [0.3, 0.4) is 0 Å². The lowest BCUT2D eigenvalue weighted by molar-refractivity contribution is 0.0601. The Morgan fingerprint density at radius 1 is 1.40 bits per heavy atom. The van der Waals surface area contributed by atoms with Crippen molar-refractivity contribution in [2.24, 2.45) is 0 Å². The minimum Gasteiger partial charge on any atom is -0.465 e. The summed E-state index contributed by atoms with van der Waals surface area (Å²) in [5.74, 6) is 0.353. The summed E-state index contributed by atoms with van der Waals surface area (Å²) in [6, 6.07) is 5.07. The lowest BCUT2D eigenvalue weighted by Crippen LogP contribution is -2.00. The molecule has 0 aliphatic heterocycles. The zero-order chi connectivity index (χ0) is 11.0. The van der Waals surface area contributed by atoms with Crippen molar-refractivity contribution in [3.63, 3.8) is 0 Å². The van der Waals surface area contributed by atoms with Crippen LogP contribution in [0.4, 0.5) is 0 Å². The Hall–Kier alpha value is -1.48. The molecular weight excluding hydrogens is 216 g/mol. The van der Waals surface area contributed by atoms with Crippen LogP contribution in [-0.4, -0.2) is 13.1 Å². The molecule has 4 heteroatoms. The smallest absolute Gasteiger partial charge is 0.337 e. The molecule has 0 saturated heterocycles. The molecule has 1 aromatic heterocycles. The number of methoxy groups -OCH3 is 1. The molecule has 15 heavy (non-hydrogen) atoms. The molecule has 0 N–H and O–H groups in total. The second kappa shape index (κ2) is 3.59. The van der Waals surface area contributed by atoms with Gasteiger partial charge in [-0.25, -0.2) is 4.79 Å². The maximum absolute atomic E-state index is 11.3. The van der Waals surface area contributed by atoms with E-state index >= 15 is 0 Å². The molecule has 0 radical (unpaired) electrons. The number of furan rings is 1. The maximum Gasteiger partial charge on any atom is 0.337 e. The Bertz CT molecular complexity index is 528. The lowest BCUT2D eigenvalue weighted by Gasteiger charge is -1.99. The number of fused-ring (bicyclic) bond motifs is 1. The third-order valence-electron chi connectivity index (χ3n) is 2.12. The number of halogens is 1. The minimum atomic E-state index is -0.405. The number of rotatable bonds is 1. The summed E-state index contributed by atoms with van der Waals surface area (Å²) < 4.78 is 10.0. The van der Waals surface area contributed by atoms with Gasteiger partial charge in [-0.05, 0) is 25.1 Å². The fourth-order valence-electron chi connectivity index (χ4n) is 1.47. The Labute approximate surface area is 91.6 Å². The van der Waals surface area contributed by atoms with Gasteiger partial charge in [0.25, 0.3) is 0 Å². The summed E-state index contributed by atoms with van der Waals surface area (Å²) in [5, 5.41) is 1.22. The van der Waals surface area contributed by atoms with Crippen molar-refractivity contribution in [1.82, 2.24) is 0 Å². The number of carbonyl (C=O) groups is 1. The van der Waals surface area contributed by atoms with Crippen molar-refractivity contribution >= 4 is 28.5 Å². The highest BCUT2D eigenvalue weighted by atomic mass is 35.5. The van der Waals surface area contributed by atoms with Crippen LogP contribution in [0.2, 0.25) is 5.02 Å². The van der Waals surface area contributed by atoms with E-state index in [0.29, 0.717) is 16.2 Å². The van der Waals surface area contributed by atoms with Crippen molar-refractivity contribution in [3.05, 3.63) is 34.5 Å². The average molecular weight is 225 g/mol. The molecule has 2 aromatic rings. The van der Waals surface area contributed by atoms with Crippen molar-refractivity contribution in [2.45, 2.75) is 6.92 Å². The van der Waals surface area contributed by atoms with E-state index in [0.717, 1.165) is 11.1 Å². The molecule has 2 rings (SSSR count). The average Bonchev–Trinajstić information content (AvgIpc) is 2.58. The summed E-state index contributed by atoms with van der Waals surface area (Å²) in [6.45, 7) is 1.83. The van der Waals surface area contributed by atoms with E-state index in [1.54, 1.807) is 12.1 Å². The number of hydrogen-bond acceptors (Lipinski definition) is 3. The quantitative estimate of drug-likeness (QED) is 0.699. The molecule has 0 fully saturated rings. The number of ether oxygens (including phenoxy) is 1.